The monoisotopic (exact) mass is 415 g/mol. The maximum Gasteiger partial charge on any atom is 0.318 e. The Labute approximate surface area is 175 Å². The molecular weight excluding hydrogens is 388 g/mol. The van der Waals surface area contributed by atoms with Crippen molar-refractivity contribution in [2.75, 3.05) is 26.7 Å². The molecule has 160 valence electrons. The van der Waals surface area contributed by atoms with Crippen LogP contribution in [0.1, 0.15) is 29.5 Å². The van der Waals surface area contributed by atoms with E-state index >= 15 is 0 Å². The molecule has 2 aromatic carbocycles. The van der Waals surface area contributed by atoms with E-state index < -0.39 is 11.6 Å². The van der Waals surface area contributed by atoms with Gasteiger partial charge in [0.05, 0.1) is 13.2 Å². The summed E-state index contributed by atoms with van der Waals surface area (Å²) in [7, 11) is 2.07. The number of likely N-dealkylation sites (tertiary alicyclic amines) is 1. The van der Waals surface area contributed by atoms with Gasteiger partial charge >= 0.3 is 6.03 Å². The van der Waals surface area contributed by atoms with Crippen molar-refractivity contribution in [1.29, 1.82) is 0 Å². The fourth-order valence-corrected chi connectivity index (χ4v) is 4.03. The maximum absolute atomic E-state index is 14.3. The van der Waals surface area contributed by atoms with Crippen molar-refractivity contribution in [3.63, 3.8) is 0 Å². The average molecular weight is 415 g/mol. The Morgan fingerprint density at radius 2 is 1.97 bits per heavy atom. The number of rotatable bonds is 5. The summed E-state index contributed by atoms with van der Waals surface area (Å²) in [4.78, 5) is 16.9. The zero-order valence-electron chi connectivity index (χ0n) is 17.2. The predicted molar refractivity (Wildman–Crippen MR) is 110 cm³/mol. The molecule has 1 fully saturated rings. The molecule has 2 heterocycles. The van der Waals surface area contributed by atoms with Gasteiger partial charge in [-0.3, -0.25) is 0 Å². The minimum absolute atomic E-state index is 0.0676. The van der Waals surface area contributed by atoms with Crippen LogP contribution in [-0.4, -0.2) is 48.6 Å². The van der Waals surface area contributed by atoms with Crippen LogP contribution in [0, 0.1) is 11.6 Å². The van der Waals surface area contributed by atoms with Gasteiger partial charge in [-0.15, -0.1) is 0 Å². The molecular formula is C23H27F2N3O2. The van der Waals surface area contributed by atoms with Crippen LogP contribution >= 0.6 is 0 Å². The number of piperidine rings is 1. The summed E-state index contributed by atoms with van der Waals surface area (Å²) in [5.74, 6) is -0.391. The van der Waals surface area contributed by atoms with E-state index in [-0.39, 0.29) is 18.6 Å². The molecule has 2 aliphatic heterocycles. The summed E-state index contributed by atoms with van der Waals surface area (Å²) in [5.41, 5.74) is 2.37. The number of benzene rings is 2. The van der Waals surface area contributed by atoms with Crippen molar-refractivity contribution in [3.8, 4) is 5.75 Å². The number of hydrogen-bond acceptors (Lipinski definition) is 3. The number of hydrogen-bond donors (Lipinski definition) is 1. The lowest BCUT2D eigenvalue weighted by atomic mass is 10.1. The molecule has 2 aliphatic rings. The normalized spacial score (nSPS) is 16.8. The Hall–Kier alpha value is -2.67. The molecule has 2 aromatic rings. The molecule has 0 unspecified atom stereocenters. The molecule has 5 nitrogen and oxygen atoms in total. The highest BCUT2D eigenvalue weighted by Crippen LogP contribution is 2.27. The smallest absolute Gasteiger partial charge is 0.318 e. The van der Waals surface area contributed by atoms with E-state index in [1.165, 1.54) is 12.1 Å². The van der Waals surface area contributed by atoms with Gasteiger partial charge in [0.1, 0.15) is 17.4 Å². The summed E-state index contributed by atoms with van der Waals surface area (Å²) in [5, 5.41) is 3.10. The topological polar surface area (TPSA) is 44.8 Å². The number of halogens is 2. The van der Waals surface area contributed by atoms with Gasteiger partial charge in [0, 0.05) is 30.6 Å². The molecule has 0 saturated carbocycles. The lowest BCUT2D eigenvalue weighted by Crippen LogP contribution is -2.48. The fraction of sp³-hybridized carbons (Fsp3) is 0.435. The predicted octanol–water partition coefficient (Wildman–Crippen LogP) is 3.71. The third-order valence-electron chi connectivity index (χ3n) is 5.84. The van der Waals surface area contributed by atoms with E-state index in [4.69, 9.17) is 4.74 Å². The number of carbonyl (C=O) groups excluding carboxylic acids is 1. The number of carbonyl (C=O) groups is 1. The Kier molecular flexibility index (Phi) is 6.18. The number of nitrogens with zero attached hydrogens (tertiary/aromatic N) is 2. The van der Waals surface area contributed by atoms with Gasteiger partial charge in [-0.05, 0) is 56.2 Å². The highest BCUT2D eigenvalue weighted by molar-refractivity contribution is 5.74. The van der Waals surface area contributed by atoms with Crippen LogP contribution in [0.2, 0.25) is 0 Å². The van der Waals surface area contributed by atoms with Gasteiger partial charge in [0.25, 0.3) is 0 Å². The van der Waals surface area contributed by atoms with Gasteiger partial charge in [-0.25, -0.2) is 13.6 Å². The van der Waals surface area contributed by atoms with Gasteiger partial charge in [0.15, 0.2) is 0 Å². The molecule has 0 spiro atoms. The molecule has 1 N–H and O–H groups in total. The van der Waals surface area contributed by atoms with Crippen LogP contribution in [0.25, 0.3) is 0 Å². The lowest BCUT2D eigenvalue weighted by Gasteiger charge is -2.32. The summed E-state index contributed by atoms with van der Waals surface area (Å²) < 4.78 is 33.1. The van der Waals surface area contributed by atoms with E-state index in [0.29, 0.717) is 18.7 Å². The second kappa shape index (κ2) is 9.00. The van der Waals surface area contributed by atoms with Gasteiger partial charge in [-0.1, -0.05) is 18.2 Å². The molecule has 0 atom stereocenters. The number of ether oxygens (including phenoxy) is 1. The third kappa shape index (κ3) is 4.90. The Bertz CT molecular complexity index is 913. The molecule has 1 saturated heterocycles. The van der Waals surface area contributed by atoms with Crippen LogP contribution in [-0.2, 0) is 19.5 Å². The summed E-state index contributed by atoms with van der Waals surface area (Å²) >= 11 is 0. The highest BCUT2D eigenvalue weighted by atomic mass is 19.1. The average Bonchev–Trinajstić information content (AvgIpc) is 3.19. The molecule has 0 aliphatic carbocycles. The van der Waals surface area contributed by atoms with Gasteiger partial charge in [0.2, 0.25) is 0 Å². The molecule has 0 aromatic heterocycles. The van der Waals surface area contributed by atoms with Crippen molar-refractivity contribution in [2.24, 2.45) is 0 Å². The van der Waals surface area contributed by atoms with Crippen molar-refractivity contribution >= 4 is 6.03 Å². The minimum atomic E-state index is -0.644. The fourth-order valence-electron chi connectivity index (χ4n) is 4.03. The quantitative estimate of drug-likeness (QED) is 0.810. The second-order valence-electron chi connectivity index (χ2n) is 8.16. The largest absolute Gasteiger partial charge is 0.493 e. The first kappa shape index (κ1) is 20.6. The van der Waals surface area contributed by atoms with E-state index in [1.807, 2.05) is 18.2 Å². The maximum atomic E-state index is 14.3. The van der Waals surface area contributed by atoms with E-state index in [9.17, 15) is 13.6 Å². The van der Waals surface area contributed by atoms with Crippen molar-refractivity contribution < 1.29 is 18.3 Å². The molecule has 2 amide bonds. The summed E-state index contributed by atoms with van der Waals surface area (Å²) in [6.45, 7) is 2.94. The van der Waals surface area contributed by atoms with Crippen LogP contribution in [0.5, 0.6) is 5.75 Å². The van der Waals surface area contributed by atoms with Crippen LogP contribution in [0.15, 0.2) is 36.4 Å². The number of fused-ring (bicyclic) bond motifs is 1. The summed E-state index contributed by atoms with van der Waals surface area (Å²) in [6, 6.07) is 9.24. The number of urea groups is 1. The zero-order valence-corrected chi connectivity index (χ0v) is 17.2. The Balaban J connectivity index is 1.51. The van der Waals surface area contributed by atoms with Crippen LogP contribution in [0.3, 0.4) is 0 Å². The Morgan fingerprint density at radius 3 is 2.73 bits per heavy atom. The molecule has 0 bridgehead atoms. The number of nitrogens with one attached hydrogen (secondary N) is 1. The molecule has 30 heavy (non-hydrogen) atoms. The van der Waals surface area contributed by atoms with Crippen LogP contribution < -0.4 is 10.1 Å². The molecule has 4 rings (SSSR count). The SMILES string of the molecule is CN1CCC(NC(=O)N(Cc2ccc3c(c2)CCO3)Cc2ccc(F)cc2F)CC1. The van der Waals surface area contributed by atoms with Crippen molar-refractivity contribution in [1.82, 2.24) is 15.1 Å². The Morgan fingerprint density at radius 1 is 1.17 bits per heavy atom. The van der Waals surface area contributed by atoms with E-state index in [1.54, 1.807) is 4.90 Å². The van der Waals surface area contributed by atoms with E-state index in [0.717, 1.165) is 55.3 Å². The summed E-state index contributed by atoms with van der Waals surface area (Å²) in [6.07, 6.45) is 2.62. The second-order valence-corrected chi connectivity index (χ2v) is 8.16. The highest BCUT2D eigenvalue weighted by Gasteiger charge is 2.23. The standard InChI is InChI=1S/C23H27F2N3O2/c1-27-9-6-20(7-10-27)26-23(29)28(15-18-3-4-19(24)13-21(18)25)14-16-2-5-22-17(12-16)8-11-30-22/h2-5,12-13,20H,6-11,14-15H2,1H3,(H,26,29). The van der Waals surface area contributed by atoms with Crippen molar-refractivity contribution in [2.45, 2.75) is 38.4 Å². The number of amides is 2. The first-order chi connectivity index (χ1) is 14.5. The third-order valence-corrected chi connectivity index (χ3v) is 5.84. The zero-order chi connectivity index (χ0) is 21.1. The lowest BCUT2D eigenvalue weighted by molar-refractivity contribution is 0.175. The van der Waals surface area contributed by atoms with Gasteiger partial charge in [-0.2, -0.15) is 0 Å². The first-order valence-electron chi connectivity index (χ1n) is 10.4. The van der Waals surface area contributed by atoms with E-state index in [2.05, 4.69) is 17.3 Å². The molecule has 7 heteroatoms. The minimum Gasteiger partial charge on any atom is -0.493 e. The van der Waals surface area contributed by atoms with Gasteiger partial charge < -0.3 is 19.9 Å². The van der Waals surface area contributed by atoms with Crippen LogP contribution in [0.4, 0.5) is 13.6 Å². The molecule has 0 radical (unpaired) electrons. The van der Waals surface area contributed by atoms with Crippen molar-refractivity contribution in [3.05, 3.63) is 64.7 Å². The first-order valence-corrected chi connectivity index (χ1v) is 10.4.